The summed E-state index contributed by atoms with van der Waals surface area (Å²) in [6, 6.07) is 11.7. The van der Waals surface area contributed by atoms with Crippen LogP contribution in [-0.4, -0.2) is 41.9 Å². The Morgan fingerprint density at radius 2 is 2.00 bits per heavy atom. The number of carbonyl (C=O) groups excluding carboxylic acids is 1. The number of carbonyl (C=O) groups is 1. The second-order valence-electron chi connectivity index (χ2n) is 6.97. The molecule has 1 amide bonds. The Morgan fingerprint density at radius 3 is 2.73 bits per heavy atom. The van der Waals surface area contributed by atoms with Crippen molar-refractivity contribution in [3.8, 4) is 11.5 Å². The van der Waals surface area contributed by atoms with Gasteiger partial charge >= 0.3 is 0 Å². The zero-order valence-electron chi connectivity index (χ0n) is 15.9. The highest BCUT2D eigenvalue weighted by atomic mass is 32.2. The highest BCUT2D eigenvalue weighted by Crippen LogP contribution is 2.26. The summed E-state index contributed by atoms with van der Waals surface area (Å²) >= 11 is 0. The first kappa shape index (κ1) is 20.2. The van der Waals surface area contributed by atoms with Gasteiger partial charge in [0, 0.05) is 24.3 Å². The van der Waals surface area contributed by atoms with E-state index < -0.39 is 21.8 Å². The zero-order chi connectivity index (χ0) is 21.1. The molecular formula is C20H19FN4O4S. The number of nitrogens with one attached hydrogen (secondary N) is 1. The fourth-order valence-corrected chi connectivity index (χ4v) is 4.93. The molecule has 10 heteroatoms. The molecule has 156 valence electrons. The summed E-state index contributed by atoms with van der Waals surface area (Å²) in [5, 5.41) is 10.3. The van der Waals surface area contributed by atoms with Crippen LogP contribution in [0, 0.1) is 11.7 Å². The van der Waals surface area contributed by atoms with Crippen LogP contribution in [0.1, 0.15) is 12.8 Å². The van der Waals surface area contributed by atoms with Gasteiger partial charge in [-0.15, -0.1) is 10.2 Å². The van der Waals surface area contributed by atoms with Gasteiger partial charge in [-0.1, -0.05) is 6.07 Å². The van der Waals surface area contributed by atoms with Crippen LogP contribution >= 0.6 is 0 Å². The van der Waals surface area contributed by atoms with E-state index in [1.54, 1.807) is 24.3 Å². The predicted octanol–water partition coefficient (Wildman–Crippen LogP) is 2.92. The maximum Gasteiger partial charge on any atom is 0.247 e. The van der Waals surface area contributed by atoms with Crippen LogP contribution in [0.4, 0.5) is 10.1 Å². The van der Waals surface area contributed by atoms with Crippen molar-refractivity contribution >= 4 is 21.6 Å². The molecule has 30 heavy (non-hydrogen) atoms. The lowest BCUT2D eigenvalue weighted by molar-refractivity contribution is -0.120. The van der Waals surface area contributed by atoms with E-state index in [2.05, 4.69) is 15.5 Å². The van der Waals surface area contributed by atoms with Crippen molar-refractivity contribution in [2.24, 2.45) is 5.92 Å². The van der Waals surface area contributed by atoms with Gasteiger partial charge in [-0.3, -0.25) is 4.79 Å². The third-order valence-electron chi connectivity index (χ3n) is 4.94. The molecule has 0 radical (unpaired) electrons. The molecule has 4 rings (SSSR count). The maximum absolute atomic E-state index is 13.1. The summed E-state index contributed by atoms with van der Waals surface area (Å²) in [6.45, 7) is 0.380. The Balaban J connectivity index is 1.46. The van der Waals surface area contributed by atoms with E-state index in [9.17, 15) is 17.6 Å². The number of halogens is 1. The number of hydrogen-bond donors (Lipinski definition) is 1. The summed E-state index contributed by atoms with van der Waals surface area (Å²) in [7, 11) is -3.80. The van der Waals surface area contributed by atoms with Gasteiger partial charge in [0.15, 0.2) is 0 Å². The average molecular weight is 430 g/mol. The number of amides is 1. The topological polar surface area (TPSA) is 105 Å². The molecular weight excluding hydrogens is 411 g/mol. The number of nitrogens with zero attached hydrogens (tertiary/aromatic N) is 3. The van der Waals surface area contributed by atoms with Crippen LogP contribution in [0.2, 0.25) is 0 Å². The Bertz CT molecular complexity index is 1130. The normalized spacial score (nSPS) is 17.6. The number of hydrogen-bond acceptors (Lipinski definition) is 6. The average Bonchev–Trinajstić information content (AvgIpc) is 3.29. The number of sulfonamides is 1. The molecule has 0 spiro atoms. The van der Waals surface area contributed by atoms with Crippen LogP contribution < -0.4 is 5.32 Å². The lowest BCUT2D eigenvalue weighted by Gasteiger charge is -2.31. The fourth-order valence-electron chi connectivity index (χ4n) is 3.40. The first-order valence-corrected chi connectivity index (χ1v) is 10.8. The standard InChI is InChI=1S/C20H19FN4O4S/c21-16-6-8-18(9-7-16)30(27,28)25-10-2-4-15(12-25)19(26)23-17-5-1-3-14(11-17)20-24-22-13-29-20/h1,3,5-9,11,13,15H,2,4,10,12H2,(H,23,26). The van der Waals surface area contributed by atoms with E-state index in [-0.39, 0.29) is 17.3 Å². The number of piperidine rings is 1. The van der Waals surface area contributed by atoms with Crippen molar-refractivity contribution in [1.29, 1.82) is 0 Å². The Labute approximate surface area is 172 Å². The molecule has 0 bridgehead atoms. The molecule has 2 heterocycles. The summed E-state index contributed by atoms with van der Waals surface area (Å²) in [5.74, 6) is -0.939. The van der Waals surface area contributed by atoms with Crippen molar-refractivity contribution in [2.75, 3.05) is 18.4 Å². The van der Waals surface area contributed by atoms with E-state index in [1.807, 2.05) is 0 Å². The molecule has 1 aromatic heterocycles. The quantitative estimate of drug-likeness (QED) is 0.667. The predicted molar refractivity (Wildman–Crippen MR) is 106 cm³/mol. The molecule has 0 aliphatic carbocycles. The maximum atomic E-state index is 13.1. The van der Waals surface area contributed by atoms with Crippen LogP contribution in [0.25, 0.3) is 11.5 Å². The van der Waals surface area contributed by atoms with Crippen molar-refractivity contribution in [2.45, 2.75) is 17.7 Å². The van der Waals surface area contributed by atoms with Gasteiger partial charge in [-0.25, -0.2) is 12.8 Å². The SMILES string of the molecule is O=C(Nc1cccc(-c2nnco2)c1)C1CCCN(S(=O)(=O)c2ccc(F)cc2)C1. The Kier molecular flexibility index (Phi) is 5.60. The molecule has 1 atom stereocenters. The minimum Gasteiger partial charge on any atom is -0.423 e. The second-order valence-corrected chi connectivity index (χ2v) is 8.91. The first-order chi connectivity index (χ1) is 14.4. The largest absolute Gasteiger partial charge is 0.423 e. The van der Waals surface area contributed by atoms with Crippen LogP contribution in [-0.2, 0) is 14.8 Å². The number of benzene rings is 2. The summed E-state index contributed by atoms with van der Waals surface area (Å²) in [6.07, 6.45) is 2.35. The van der Waals surface area contributed by atoms with Crippen molar-refractivity contribution in [1.82, 2.24) is 14.5 Å². The highest BCUT2D eigenvalue weighted by Gasteiger charge is 2.33. The lowest BCUT2D eigenvalue weighted by Crippen LogP contribution is -2.43. The summed E-state index contributed by atoms with van der Waals surface area (Å²) < 4.78 is 45.3. The van der Waals surface area contributed by atoms with E-state index in [0.717, 1.165) is 12.1 Å². The van der Waals surface area contributed by atoms with E-state index in [1.165, 1.54) is 22.8 Å². The van der Waals surface area contributed by atoms with Gasteiger partial charge < -0.3 is 9.73 Å². The molecule has 1 aliphatic heterocycles. The van der Waals surface area contributed by atoms with E-state index >= 15 is 0 Å². The Morgan fingerprint density at radius 1 is 1.20 bits per heavy atom. The smallest absolute Gasteiger partial charge is 0.247 e. The molecule has 3 aromatic rings. The van der Waals surface area contributed by atoms with Gasteiger partial charge in [0.05, 0.1) is 10.8 Å². The monoisotopic (exact) mass is 430 g/mol. The number of aromatic nitrogens is 2. The third-order valence-corrected chi connectivity index (χ3v) is 6.82. The van der Waals surface area contributed by atoms with Gasteiger partial charge in [0.2, 0.25) is 28.2 Å². The molecule has 8 nitrogen and oxygen atoms in total. The molecule has 1 saturated heterocycles. The van der Waals surface area contributed by atoms with E-state index in [4.69, 9.17) is 4.42 Å². The zero-order valence-corrected chi connectivity index (χ0v) is 16.7. The molecule has 1 unspecified atom stereocenters. The number of anilines is 1. The molecule has 1 aliphatic rings. The van der Waals surface area contributed by atoms with Crippen molar-refractivity contribution in [3.63, 3.8) is 0 Å². The summed E-state index contributed by atoms with van der Waals surface area (Å²) in [5.41, 5.74) is 1.21. The lowest BCUT2D eigenvalue weighted by atomic mass is 9.98. The van der Waals surface area contributed by atoms with Gasteiger partial charge in [-0.2, -0.15) is 4.31 Å². The number of rotatable bonds is 5. The van der Waals surface area contributed by atoms with Gasteiger partial charge in [-0.05, 0) is 55.3 Å². The molecule has 2 aromatic carbocycles. The Hall–Kier alpha value is -3.11. The fraction of sp³-hybridized carbons (Fsp3) is 0.250. The van der Waals surface area contributed by atoms with Gasteiger partial charge in [0.1, 0.15) is 5.82 Å². The highest BCUT2D eigenvalue weighted by molar-refractivity contribution is 7.89. The molecule has 0 saturated carbocycles. The molecule has 1 N–H and O–H groups in total. The minimum atomic E-state index is -3.80. The van der Waals surface area contributed by atoms with Crippen molar-refractivity contribution in [3.05, 3.63) is 60.7 Å². The van der Waals surface area contributed by atoms with Crippen LogP contribution in [0.5, 0.6) is 0 Å². The molecule has 1 fully saturated rings. The van der Waals surface area contributed by atoms with Crippen LogP contribution in [0.3, 0.4) is 0 Å². The first-order valence-electron chi connectivity index (χ1n) is 9.37. The third kappa shape index (κ3) is 4.24. The van der Waals surface area contributed by atoms with Crippen LogP contribution in [0.15, 0.2) is 64.2 Å². The van der Waals surface area contributed by atoms with E-state index in [0.29, 0.717) is 36.5 Å². The minimum absolute atomic E-state index is 0.0113. The van der Waals surface area contributed by atoms with Gasteiger partial charge in [0.25, 0.3) is 0 Å². The summed E-state index contributed by atoms with van der Waals surface area (Å²) in [4.78, 5) is 12.8. The van der Waals surface area contributed by atoms with Crippen molar-refractivity contribution < 1.29 is 22.0 Å². The second kappa shape index (κ2) is 8.33.